The Morgan fingerprint density at radius 1 is 1.42 bits per heavy atom. The first-order valence-electron chi connectivity index (χ1n) is 7.20. The maximum absolute atomic E-state index is 12.6. The first-order chi connectivity index (χ1) is 11.4. The van der Waals surface area contributed by atoms with Crippen LogP contribution >= 0.6 is 11.3 Å². The normalized spacial score (nSPS) is 11.5. The summed E-state index contributed by atoms with van der Waals surface area (Å²) in [6, 6.07) is 0. The van der Waals surface area contributed by atoms with Crippen molar-refractivity contribution in [2.45, 2.75) is 26.9 Å². The molecule has 24 heavy (non-hydrogen) atoms. The molecule has 0 saturated heterocycles. The molecule has 0 unspecified atom stereocenters. The van der Waals surface area contributed by atoms with Crippen molar-refractivity contribution in [1.82, 2.24) is 14.6 Å². The summed E-state index contributed by atoms with van der Waals surface area (Å²) < 4.78 is 7.72. The van der Waals surface area contributed by atoms with Gasteiger partial charge in [-0.2, -0.15) is 5.10 Å². The average molecular weight is 354 g/mol. The largest absolute Gasteiger partial charge is 0.464 e. The molecule has 0 atom stereocenters. The Kier molecular flexibility index (Phi) is 5.52. The van der Waals surface area contributed by atoms with Gasteiger partial charge in [-0.25, -0.2) is 15.0 Å². The molecule has 0 radical (unpaired) electrons. The van der Waals surface area contributed by atoms with E-state index in [0.717, 1.165) is 0 Å². The molecule has 0 aliphatic heterocycles. The molecule has 2 N–H and O–H groups in total. The molecule has 9 nitrogen and oxygen atoms in total. The maximum atomic E-state index is 12.6. The summed E-state index contributed by atoms with van der Waals surface area (Å²) in [6.07, 6.45) is 0.0463. The minimum atomic E-state index is -1.28. The number of amides is 1. The van der Waals surface area contributed by atoms with E-state index in [1.165, 1.54) is 33.8 Å². The molecule has 2 heterocycles. The van der Waals surface area contributed by atoms with Gasteiger partial charge in [0.05, 0.1) is 29.6 Å². The monoisotopic (exact) mass is 354 g/mol. The lowest BCUT2D eigenvalue weighted by Crippen LogP contribution is -2.39. The van der Waals surface area contributed by atoms with Crippen molar-refractivity contribution in [3.05, 3.63) is 31.3 Å². The molecule has 2 rings (SSSR count). The van der Waals surface area contributed by atoms with E-state index in [2.05, 4.69) is 5.10 Å². The van der Waals surface area contributed by atoms with Gasteiger partial charge in [-0.15, -0.1) is 11.3 Å². The van der Waals surface area contributed by atoms with Crippen LogP contribution in [0.15, 0.2) is 14.7 Å². The summed E-state index contributed by atoms with van der Waals surface area (Å²) in [5.74, 6) is 0. The molecule has 1 amide bonds. The lowest BCUT2D eigenvalue weighted by atomic mass is 10.2. The Bertz CT molecular complexity index is 908. The summed E-state index contributed by atoms with van der Waals surface area (Å²) in [5, 5.41) is 12.6. The quantitative estimate of drug-likeness (QED) is 0.588. The maximum Gasteiger partial charge on any atom is 0.425 e. The minimum absolute atomic E-state index is 0.264. The first-order valence-corrected chi connectivity index (χ1v) is 8.01. The summed E-state index contributed by atoms with van der Waals surface area (Å²) >= 11 is 1.21. The van der Waals surface area contributed by atoms with E-state index >= 15 is 0 Å². The van der Waals surface area contributed by atoms with E-state index in [0.29, 0.717) is 33.8 Å². The number of methoxy groups -OCH3 is 1. The molecule has 2 aromatic heterocycles. The second kappa shape index (κ2) is 7.41. The van der Waals surface area contributed by atoms with Gasteiger partial charge in [0.25, 0.3) is 5.56 Å². The van der Waals surface area contributed by atoms with E-state index in [1.807, 2.05) is 5.43 Å². The highest BCUT2D eigenvalue weighted by molar-refractivity contribution is 7.20. The topological polar surface area (TPSA) is 115 Å². The average Bonchev–Trinajstić information content (AvgIpc) is 2.84. The van der Waals surface area contributed by atoms with Crippen molar-refractivity contribution >= 4 is 33.9 Å². The molecular weight excluding hydrogens is 336 g/mol. The number of hydrogen-bond acceptors (Lipinski definition) is 6. The van der Waals surface area contributed by atoms with Gasteiger partial charge >= 0.3 is 11.8 Å². The van der Waals surface area contributed by atoms with Gasteiger partial charge in [-0.1, -0.05) is 0 Å². The van der Waals surface area contributed by atoms with Crippen LogP contribution in [0.4, 0.5) is 4.79 Å². The molecule has 0 saturated carbocycles. The van der Waals surface area contributed by atoms with E-state index in [-0.39, 0.29) is 17.8 Å². The van der Waals surface area contributed by atoms with Gasteiger partial charge in [0.1, 0.15) is 4.83 Å². The Hall–Kier alpha value is -2.46. The minimum Gasteiger partial charge on any atom is -0.464 e. The summed E-state index contributed by atoms with van der Waals surface area (Å²) in [7, 11) is 1.54. The smallest absolute Gasteiger partial charge is 0.425 e. The van der Waals surface area contributed by atoms with Crippen LogP contribution in [-0.2, 0) is 17.8 Å². The van der Waals surface area contributed by atoms with Crippen LogP contribution in [-0.4, -0.2) is 40.3 Å². The predicted molar refractivity (Wildman–Crippen MR) is 91.4 cm³/mol. The Labute approximate surface area is 140 Å². The highest BCUT2D eigenvalue weighted by Crippen LogP contribution is 2.26. The molecule has 0 aromatic carbocycles. The third-order valence-electron chi connectivity index (χ3n) is 3.51. The van der Waals surface area contributed by atoms with Gasteiger partial charge in [0.2, 0.25) is 0 Å². The SMILES string of the molecule is CCn1c(=O)c2c(C)c(/C=N/NC(=O)O)sc2n(CCOC)c1=O. The van der Waals surface area contributed by atoms with Crippen molar-refractivity contribution < 1.29 is 14.6 Å². The molecule has 0 spiro atoms. The number of hydrazone groups is 1. The van der Waals surface area contributed by atoms with E-state index < -0.39 is 6.09 Å². The molecule has 10 heteroatoms. The fourth-order valence-corrected chi connectivity index (χ4v) is 3.53. The second-order valence-electron chi connectivity index (χ2n) is 4.92. The number of rotatable bonds is 6. The summed E-state index contributed by atoms with van der Waals surface area (Å²) in [4.78, 5) is 36.7. The zero-order valence-electron chi connectivity index (χ0n) is 13.5. The molecule has 2 aromatic rings. The van der Waals surface area contributed by atoms with Crippen LogP contribution in [0.25, 0.3) is 10.2 Å². The van der Waals surface area contributed by atoms with Crippen molar-refractivity contribution in [3.63, 3.8) is 0 Å². The molecule has 0 bridgehead atoms. The van der Waals surface area contributed by atoms with Gasteiger partial charge in [0, 0.05) is 13.7 Å². The number of hydrogen-bond donors (Lipinski definition) is 2. The number of aryl methyl sites for hydroxylation is 1. The number of aromatic nitrogens is 2. The Balaban J connectivity index is 2.71. The Morgan fingerprint density at radius 3 is 2.71 bits per heavy atom. The highest BCUT2D eigenvalue weighted by atomic mass is 32.1. The van der Waals surface area contributed by atoms with Crippen molar-refractivity contribution in [1.29, 1.82) is 0 Å². The lowest BCUT2D eigenvalue weighted by molar-refractivity contribution is 0.186. The second-order valence-corrected chi connectivity index (χ2v) is 5.95. The Morgan fingerprint density at radius 2 is 2.12 bits per heavy atom. The van der Waals surface area contributed by atoms with E-state index in [1.54, 1.807) is 13.8 Å². The molecule has 0 aliphatic rings. The van der Waals surface area contributed by atoms with Gasteiger partial charge in [-0.05, 0) is 19.4 Å². The zero-order valence-corrected chi connectivity index (χ0v) is 14.3. The third-order valence-corrected chi connectivity index (χ3v) is 4.76. The van der Waals surface area contributed by atoms with E-state index in [4.69, 9.17) is 9.84 Å². The number of nitrogens with one attached hydrogen (secondary N) is 1. The zero-order chi connectivity index (χ0) is 17.9. The van der Waals surface area contributed by atoms with Gasteiger partial charge < -0.3 is 9.84 Å². The van der Waals surface area contributed by atoms with Crippen molar-refractivity contribution in [2.24, 2.45) is 5.10 Å². The number of nitrogens with zero attached hydrogens (tertiary/aromatic N) is 3. The predicted octanol–water partition coefficient (Wildman–Crippen LogP) is 0.801. The number of carboxylic acid groups (broad SMARTS) is 1. The number of thiophene rings is 1. The van der Waals surface area contributed by atoms with Crippen LogP contribution in [0.1, 0.15) is 17.4 Å². The van der Waals surface area contributed by atoms with Crippen LogP contribution in [0, 0.1) is 6.92 Å². The van der Waals surface area contributed by atoms with Gasteiger partial charge in [-0.3, -0.25) is 13.9 Å². The third kappa shape index (κ3) is 3.24. The van der Waals surface area contributed by atoms with Crippen LogP contribution in [0.2, 0.25) is 0 Å². The number of carbonyl (C=O) groups is 1. The number of ether oxygens (including phenoxy) is 1. The van der Waals surface area contributed by atoms with Crippen LogP contribution in [0.5, 0.6) is 0 Å². The lowest BCUT2D eigenvalue weighted by Gasteiger charge is -2.10. The van der Waals surface area contributed by atoms with Crippen LogP contribution in [0.3, 0.4) is 0 Å². The standard InChI is InChI=1S/C14H18N4O5S/c1-4-17-11(19)10-8(2)9(7-15-16-13(20)21)24-12(10)18(14(17)22)5-6-23-3/h7,16H,4-6H2,1-3H3,(H,20,21)/b15-7+. The summed E-state index contributed by atoms with van der Waals surface area (Å²) in [5.41, 5.74) is 1.80. The number of fused-ring (bicyclic) bond motifs is 1. The molecule has 130 valence electrons. The molecular formula is C14H18N4O5S. The van der Waals surface area contributed by atoms with Gasteiger partial charge in [0.15, 0.2) is 0 Å². The molecule has 0 fully saturated rings. The highest BCUT2D eigenvalue weighted by Gasteiger charge is 2.18. The molecule has 0 aliphatic carbocycles. The fourth-order valence-electron chi connectivity index (χ4n) is 2.34. The van der Waals surface area contributed by atoms with Crippen molar-refractivity contribution in [3.8, 4) is 0 Å². The first kappa shape index (κ1) is 17.9. The van der Waals surface area contributed by atoms with Crippen LogP contribution < -0.4 is 16.7 Å². The van der Waals surface area contributed by atoms with Crippen molar-refractivity contribution in [2.75, 3.05) is 13.7 Å². The fraction of sp³-hybridized carbons (Fsp3) is 0.429. The van der Waals surface area contributed by atoms with E-state index in [9.17, 15) is 14.4 Å². The summed E-state index contributed by atoms with van der Waals surface area (Å²) in [6.45, 7) is 4.39.